The van der Waals surface area contributed by atoms with Gasteiger partial charge in [-0.15, -0.1) is 0 Å². The van der Waals surface area contributed by atoms with Gasteiger partial charge in [0, 0.05) is 43.9 Å². The van der Waals surface area contributed by atoms with Crippen molar-refractivity contribution in [1.29, 1.82) is 0 Å². The van der Waals surface area contributed by atoms with Crippen molar-refractivity contribution >= 4 is 28.6 Å². The zero-order valence-electron chi connectivity index (χ0n) is 18.8. The van der Waals surface area contributed by atoms with E-state index in [1.54, 1.807) is 32.2 Å². The second-order valence-corrected chi connectivity index (χ2v) is 9.37. The van der Waals surface area contributed by atoms with E-state index in [0.29, 0.717) is 25.3 Å². The highest BCUT2D eigenvalue weighted by atomic mass is 32.2. The molecule has 2 fully saturated rings. The summed E-state index contributed by atoms with van der Waals surface area (Å²) in [5, 5.41) is 7.29. The number of hydrogen-bond donors (Lipinski definition) is 1. The highest BCUT2D eigenvalue weighted by Crippen LogP contribution is 2.40. The van der Waals surface area contributed by atoms with E-state index in [0.717, 1.165) is 24.8 Å². The zero-order valence-corrected chi connectivity index (χ0v) is 19.6. The lowest BCUT2D eigenvalue weighted by molar-refractivity contribution is -0.192. The van der Waals surface area contributed by atoms with Crippen LogP contribution in [0, 0.1) is 11.7 Å². The Hall–Kier alpha value is -2.24. The quantitative estimate of drug-likeness (QED) is 0.434. The van der Waals surface area contributed by atoms with Gasteiger partial charge < -0.3 is 9.84 Å². The summed E-state index contributed by atoms with van der Waals surface area (Å²) >= 11 is 1.33. The molecule has 0 aromatic heterocycles. The number of carbonyl (C=O) groups excluding carboxylic acids is 2. The molecule has 0 bridgehead atoms. The van der Waals surface area contributed by atoms with E-state index < -0.39 is 18.2 Å². The fourth-order valence-corrected chi connectivity index (χ4v) is 4.59. The molecule has 1 aliphatic carbocycles. The molecule has 11 heteroatoms. The number of halogens is 4. The second-order valence-electron chi connectivity index (χ2n) is 8.00. The van der Waals surface area contributed by atoms with Gasteiger partial charge in [0.1, 0.15) is 5.82 Å². The summed E-state index contributed by atoms with van der Waals surface area (Å²) in [6, 6.07) is 6.01. The van der Waals surface area contributed by atoms with E-state index >= 15 is 0 Å². The molecule has 1 N–H and O–H groups in total. The SMILES string of the molecule is COCC=C1CN(C(C(=O)C2CC2)c2ccccc2F)CCC1SC(C)=O.O=C(O)C(F)(F)F. The maximum absolute atomic E-state index is 14.5. The van der Waals surface area contributed by atoms with Crippen LogP contribution in [0.4, 0.5) is 17.6 Å². The molecule has 188 valence electrons. The Morgan fingerprint density at radius 1 is 1.24 bits per heavy atom. The largest absolute Gasteiger partial charge is 0.490 e. The van der Waals surface area contributed by atoms with Crippen LogP contribution in [0.3, 0.4) is 0 Å². The second kappa shape index (κ2) is 12.5. The molecule has 2 unspecified atom stereocenters. The molecule has 0 amide bonds. The molecule has 2 aliphatic rings. The van der Waals surface area contributed by atoms with Gasteiger partial charge in [-0.25, -0.2) is 9.18 Å². The number of alkyl halides is 3. The van der Waals surface area contributed by atoms with Gasteiger partial charge in [0.15, 0.2) is 10.9 Å². The number of piperidine rings is 1. The van der Waals surface area contributed by atoms with Crippen LogP contribution in [0.1, 0.15) is 37.8 Å². The number of methoxy groups -OCH3 is 1. The number of ketones is 1. The minimum Gasteiger partial charge on any atom is -0.475 e. The molecule has 2 atom stereocenters. The van der Waals surface area contributed by atoms with Crippen LogP contribution < -0.4 is 0 Å². The third kappa shape index (κ3) is 8.21. The maximum atomic E-state index is 14.5. The first-order valence-electron chi connectivity index (χ1n) is 10.6. The smallest absolute Gasteiger partial charge is 0.475 e. The van der Waals surface area contributed by atoms with Crippen LogP contribution in [0.2, 0.25) is 0 Å². The number of Topliss-reactive ketones (excluding diaryl/α,β-unsaturated/α-hetero) is 1. The lowest BCUT2D eigenvalue weighted by Gasteiger charge is -2.38. The number of thioether (sulfide) groups is 1. The van der Waals surface area contributed by atoms with Crippen molar-refractivity contribution in [3.05, 3.63) is 47.3 Å². The molecule has 1 aliphatic heterocycles. The number of carbonyl (C=O) groups is 3. The predicted octanol–water partition coefficient (Wildman–Crippen LogP) is 4.41. The number of aliphatic carboxylic acids is 1. The van der Waals surface area contributed by atoms with Gasteiger partial charge in [0.05, 0.1) is 12.6 Å². The molecule has 6 nitrogen and oxygen atoms in total. The molecule has 1 saturated heterocycles. The molecular formula is C23H27F4NO5S. The molecular weight excluding hydrogens is 478 g/mol. The fraction of sp³-hybridized carbons (Fsp3) is 0.522. The third-order valence-corrected chi connectivity index (χ3v) is 6.51. The van der Waals surface area contributed by atoms with Gasteiger partial charge in [-0.05, 0) is 30.9 Å². The van der Waals surface area contributed by atoms with E-state index in [1.165, 1.54) is 17.8 Å². The Labute approximate surface area is 199 Å². The zero-order chi connectivity index (χ0) is 25.5. The van der Waals surface area contributed by atoms with Gasteiger partial charge in [-0.3, -0.25) is 14.5 Å². The van der Waals surface area contributed by atoms with Crippen LogP contribution in [-0.2, 0) is 19.1 Å². The number of hydrogen-bond acceptors (Lipinski definition) is 6. The fourth-order valence-electron chi connectivity index (χ4n) is 3.64. The van der Waals surface area contributed by atoms with Crippen LogP contribution in [0.5, 0.6) is 0 Å². The number of carboxylic acid groups (broad SMARTS) is 1. The first kappa shape index (κ1) is 28.0. The number of carboxylic acids is 1. The van der Waals surface area contributed by atoms with Gasteiger partial charge >= 0.3 is 12.1 Å². The molecule has 1 saturated carbocycles. The molecule has 0 spiro atoms. The van der Waals surface area contributed by atoms with Gasteiger partial charge in [-0.1, -0.05) is 36.0 Å². The van der Waals surface area contributed by atoms with Crippen LogP contribution >= 0.6 is 11.8 Å². The van der Waals surface area contributed by atoms with Gasteiger partial charge in [0.2, 0.25) is 0 Å². The summed E-state index contributed by atoms with van der Waals surface area (Å²) in [6.07, 6.45) is -0.547. The van der Waals surface area contributed by atoms with Crippen molar-refractivity contribution in [2.24, 2.45) is 5.92 Å². The van der Waals surface area contributed by atoms with Crippen molar-refractivity contribution in [3.8, 4) is 0 Å². The standard InChI is InChI=1S/C21H26FNO3S.C2HF3O2/c1-14(24)27-19-9-11-23(13-16(19)10-12-26-2)20(21(25)15-7-8-15)17-5-3-4-6-18(17)22;3-2(4,5)1(6)7/h3-6,10,15,19-20H,7-9,11-13H2,1-2H3;(H,6,7). The molecule has 34 heavy (non-hydrogen) atoms. The average Bonchev–Trinajstić information content (AvgIpc) is 3.60. The van der Waals surface area contributed by atoms with E-state index in [4.69, 9.17) is 14.6 Å². The summed E-state index contributed by atoms with van der Waals surface area (Å²) in [4.78, 5) is 35.6. The van der Waals surface area contributed by atoms with E-state index in [-0.39, 0.29) is 27.9 Å². The van der Waals surface area contributed by atoms with Gasteiger partial charge in [-0.2, -0.15) is 13.2 Å². The molecule has 1 heterocycles. The van der Waals surface area contributed by atoms with Crippen molar-refractivity contribution in [2.75, 3.05) is 26.8 Å². The maximum Gasteiger partial charge on any atom is 0.490 e. The molecule has 1 aromatic rings. The number of likely N-dealkylation sites (tertiary alicyclic amines) is 1. The van der Waals surface area contributed by atoms with Crippen LogP contribution in [0.25, 0.3) is 0 Å². The minimum atomic E-state index is -5.08. The predicted molar refractivity (Wildman–Crippen MR) is 119 cm³/mol. The monoisotopic (exact) mass is 505 g/mol. The van der Waals surface area contributed by atoms with Gasteiger partial charge in [0.25, 0.3) is 0 Å². The highest BCUT2D eigenvalue weighted by molar-refractivity contribution is 8.14. The summed E-state index contributed by atoms with van der Waals surface area (Å²) in [7, 11) is 1.63. The van der Waals surface area contributed by atoms with Crippen LogP contribution in [-0.4, -0.2) is 65.1 Å². The van der Waals surface area contributed by atoms with E-state index in [9.17, 15) is 27.2 Å². The third-order valence-electron chi connectivity index (χ3n) is 5.35. The average molecular weight is 506 g/mol. The van der Waals surface area contributed by atoms with Crippen molar-refractivity contribution < 1.29 is 41.8 Å². The Morgan fingerprint density at radius 3 is 2.35 bits per heavy atom. The Bertz CT molecular complexity index is 917. The molecule has 1 aromatic carbocycles. The normalized spacial score (nSPS) is 20.9. The number of ether oxygens (including phenoxy) is 1. The molecule has 3 rings (SSSR count). The number of rotatable bonds is 7. The van der Waals surface area contributed by atoms with E-state index in [1.807, 2.05) is 6.08 Å². The Morgan fingerprint density at radius 2 is 1.85 bits per heavy atom. The summed E-state index contributed by atoms with van der Waals surface area (Å²) in [6.45, 7) is 3.24. The van der Waals surface area contributed by atoms with Crippen molar-refractivity contribution in [1.82, 2.24) is 4.90 Å². The lowest BCUT2D eigenvalue weighted by Crippen LogP contribution is -2.43. The highest BCUT2D eigenvalue weighted by Gasteiger charge is 2.41. The summed E-state index contributed by atoms with van der Waals surface area (Å²) in [5.41, 5.74) is 1.53. The summed E-state index contributed by atoms with van der Waals surface area (Å²) in [5.74, 6) is -2.93. The first-order valence-corrected chi connectivity index (χ1v) is 11.5. The van der Waals surface area contributed by atoms with E-state index in [2.05, 4.69) is 4.90 Å². The lowest BCUT2D eigenvalue weighted by atomic mass is 9.93. The van der Waals surface area contributed by atoms with Crippen molar-refractivity contribution in [3.63, 3.8) is 0 Å². The molecule has 0 radical (unpaired) electrons. The number of benzene rings is 1. The summed E-state index contributed by atoms with van der Waals surface area (Å²) < 4.78 is 51.4. The first-order chi connectivity index (χ1) is 16.0. The van der Waals surface area contributed by atoms with Crippen LogP contribution in [0.15, 0.2) is 35.9 Å². The van der Waals surface area contributed by atoms with Crippen molar-refractivity contribution in [2.45, 2.75) is 43.7 Å². The topological polar surface area (TPSA) is 83.9 Å². The minimum absolute atomic E-state index is 0.0466. The Kier molecular flexibility index (Phi) is 10.3. The number of nitrogens with zero attached hydrogens (tertiary/aromatic N) is 1. The Balaban J connectivity index is 0.000000509.